The molecule has 0 aliphatic carbocycles. The molecule has 0 aromatic heterocycles. The van der Waals surface area contributed by atoms with E-state index in [1.165, 1.54) is 12.1 Å². The highest BCUT2D eigenvalue weighted by molar-refractivity contribution is 9.10. The lowest BCUT2D eigenvalue weighted by Gasteiger charge is -2.35. The molecule has 1 aromatic rings. The summed E-state index contributed by atoms with van der Waals surface area (Å²) in [6.07, 6.45) is 0. The average Bonchev–Trinajstić information content (AvgIpc) is 2.38. The van der Waals surface area contributed by atoms with E-state index >= 15 is 0 Å². The fraction of sp³-hybridized carbons (Fsp3) is 0.364. The van der Waals surface area contributed by atoms with Crippen molar-refractivity contribution >= 4 is 33.3 Å². The number of halogens is 1. The van der Waals surface area contributed by atoms with Gasteiger partial charge >= 0.3 is 5.97 Å². The Morgan fingerprint density at radius 2 is 2.32 bits per heavy atom. The lowest BCUT2D eigenvalue weighted by atomic mass is 10.2. The Morgan fingerprint density at radius 1 is 1.58 bits per heavy atom. The molecular weight excluding hydrogens is 320 g/mol. The Hall–Kier alpha value is -1.67. The van der Waals surface area contributed by atoms with Gasteiger partial charge in [0.25, 0.3) is 5.69 Å². The maximum Gasteiger partial charge on any atom is 0.328 e. The molecule has 8 heteroatoms. The zero-order chi connectivity index (χ0) is 14.0. The monoisotopic (exact) mass is 330 g/mol. The number of carbonyl (C=O) groups is 1. The number of hydrogen-bond acceptors (Lipinski definition) is 5. The van der Waals surface area contributed by atoms with Crippen molar-refractivity contribution in [2.75, 3.05) is 24.7 Å². The van der Waals surface area contributed by atoms with E-state index in [2.05, 4.69) is 15.9 Å². The fourth-order valence-corrected chi connectivity index (χ4v) is 2.53. The molecule has 0 amide bonds. The van der Waals surface area contributed by atoms with Gasteiger partial charge in [-0.25, -0.2) is 4.79 Å². The molecule has 2 rings (SSSR count). The van der Waals surface area contributed by atoms with Crippen LogP contribution >= 0.6 is 15.9 Å². The smallest absolute Gasteiger partial charge is 0.328 e. The van der Waals surface area contributed by atoms with Gasteiger partial charge in [0.05, 0.1) is 23.8 Å². The van der Waals surface area contributed by atoms with Gasteiger partial charge in [0, 0.05) is 23.2 Å². The predicted molar refractivity (Wildman–Crippen MR) is 70.4 cm³/mol. The number of rotatable bonds is 3. The quantitative estimate of drug-likeness (QED) is 0.669. The average molecular weight is 331 g/mol. The van der Waals surface area contributed by atoms with Gasteiger partial charge in [-0.05, 0) is 22.0 Å². The molecule has 102 valence electrons. The first-order valence-electron chi connectivity index (χ1n) is 5.52. The van der Waals surface area contributed by atoms with Crippen LogP contribution in [0.1, 0.15) is 0 Å². The first-order chi connectivity index (χ1) is 9.00. The summed E-state index contributed by atoms with van der Waals surface area (Å²) < 4.78 is 5.65. The summed E-state index contributed by atoms with van der Waals surface area (Å²) in [5, 5.41) is 19.8. The maximum atomic E-state index is 11.2. The van der Waals surface area contributed by atoms with Crippen molar-refractivity contribution < 1.29 is 19.6 Å². The molecule has 1 N–H and O–H groups in total. The lowest BCUT2D eigenvalue weighted by molar-refractivity contribution is -0.384. The van der Waals surface area contributed by atoms with Crippen LogP contribution in [0.2, 0.25) is 0 Å². The Labute approximate surface area is 117 Å². The van der Waals surface area contributed by atoms with Crippen LogP contribution in [-0.4, -0.2) is 41.8 Å². The zero-order valence-corrected chi connectivity index (χ0v) is 11.4. The number of non-ortho nitro benzene ring substituents is 1. The van der Waals surface area contributed by atoms with Crippen LogP contribution in [-0.2, 0) is 9.53 Å². The number of nitro benzene ring substituents is 1. The van der Waals surface area contributed by atoms with Crippen LogP contribution in [0.3, 0.4) is 0 Å². The van der Waals surface area contributed by atoms with Crippen LogP contribution in [0.25, 0.3) is 0 Å². The first kappa shape index (κ1) is 13.8. The van der Waals surface area contributed by atoms with Crippen LogP contribution in [0, 0.1) is 10.1 Å². The third kappa shape index (κ3) is 2.85. The van der Waals surface area contributed by atoms with Crippen molar-refractivity contribution in [1.82, 2.24) is 0 Å². The number of hydrogen-bond donors (Lipinski definition) is 1. The molecule has 1 aromatic carbocycles. The number of anilines is 1. The molecule has 0 radical (unpaired) electrons. The SMILES string of the molecule is O=C(O)C1COCCN1c1ccc([N+](=O)[O-])cc1Br. The molecule has 1 aliphatic rings. The molecule has 1 saturated heterocycles. The number of nitrogens with zero attached hydrogens (tertiary/aromatic N) is 2. The van der Waals surface area contributed by atoms with Crippen LogP contribution in [0.15, 0.2) is 22.7 Å². The van der Waals surface area contributed by atoms with Crippen molar-refractivity contribution in [3.63, 3.8) is 0 Å². The van der Waals surface area contributed by atoms with Crippen molar-refractivity contribution in [2.24, 2.45) is 0 Å². The highest BCUT2D eigenvalue weighted by atomic mass is 79.9. The summed E-state index contributed by atoms with van der Waals surface area (Å²) in [4.78, 5) is 23.0. The number of aliphatic carboxylic acids is 1. The topological polar surface area (TPSA) is 92.9 Å². The Kier molecular flexibility index (Phi) is 4.01. The van der Waals surface area contributed by atoms with E-state index in [0.717, 1.165) is 0 Å². The normalized spacial score (nSPS) is 19.2. The standard InChI is InChI=1S/C11H11BrN2O5/c12-8-5-7(14(17)18)1-2-9(8)13-3-4-19-6-10(13)11(15)16/h1-2,5,10H,3-4,6H2,(H,15,16). The van der Waals surface area contributed by atoms with E-state index in [1.807, 2.05) is 0 Å². The van der Waals surface area contributed by atoms with Gasteiger partial charge in [-0.2, -0.15) is 0 Å². The van der Waals surface area contributed by atoms with Gasteiger partial charge in [-0.15, -0.1) is 0 Å². The van der Waals surface area contributed by atoms with E-state index < -0.39 is 16.9 Å². The fourth-order valence-electron chi connectivity index (χ4n) is 1.94. The van der Waals surface area contributed by atoms with Crippen LogP contribution in [0.5, 0.6) is 0 Å². The summed E-state index contributed by atoms with van der Waals surface area (Å²) in [5.41, 5.74) is 0.567. The molecule has 0 bridgehead atoms. The number of benzene rings is 1. The first-order valence-corrected chi connectivity index (χ1v) is 6.31. The van der Waals surface area contributed by atoms with Gasteiger partial charge in [0.2, 0.25) is 0 Å². The van der Waals surface area contributed by atoms with Gasteiger partial charge in [0.1, 0.15) is 0 Å². The van der Waals surface area contributed by atoms with E-state index in [-0.39, 0.29) is 12.3 Å². The second-order valence-corrected chi connectivity index (χ2v) is 4.87. The van der Waals surface area contributed by atoms with Crippen LogP contribution in [0.4, 0.5) is 11.4 Å². The minimum absolute atomic E-state index is 0.0456. The summed E-state index contributed by atoms with van der Waals surface area (Å²) >= 11 is 3.25. The number of morpholine rings is 1. The van der Waals surface area contributed by atoms with E-state index in [4.69, 9.17) is 9.84 Å². The van der Waals surface area contributed by atoms with Crippen molar-refractivity contribution in [2.45, 2.75) is 6.04 Å². The van der Waals surface area contributed by atoms with Gasteiger partial charge < -0.3 is 14.7 Å². The highest BCUT2D eigenvalue weighted by Crippen LogP contribution is 2.32. The molecular formula is C11H11BrN2O5. The summed E-state index contributed by atoms with van der Waals surface area (Å²) in [5.74, 6) is -0.982. The Morgan fingerprint density at radius 3 is 2.89 bits per heavy atom. The van der Waals surface area contributed by atoms with Crippen molar-refractivity contribution in [3.05, 3.63) is 32.8 Å². The summed E-state index contributed by atoms with van der Waals surface area (Å²) in [6.45, 7) is 0.944. The number of nitro groups is 1. The molecule has 1 fully saturated rings. The molecule has 1 aliphatic heterocycles. The van der Waals surface area contributed by atoms with Crippen molar-refractivity contribution in [1.29, 1.82) is 0 Å². The third-order valence-electron chi connectivity index (χ3n) is 2.87. The zero-order valence-electron chi connectivity index (χ0n) is 9.78. The molecule has 0 spiro atoms. The Bertz CT molecular complexity index is 522. The van der Waals surface area contributed by atoms with E-state index in [9.17, 15) is 14.9 Å². The summed E-state index contributed by atoms with van der Waals surface area (Å²) in [7, 11) is 0. The highest BCUT2D eigenvalue weighted by Gasteiger charge is 2.30. The predicted octanol–water partition coefficient (Wildman–Crippen LogP) is 1.65. The van der Waals surface area contributed by atoms with E-state index in [1.54, 1.807) is 11.0 Å². The number of carboxylic acid groups (broad SMARTS) is 1. The Balaban J connectivity index is 2.34. The van der Waals surface area contributed by atoms with E-state index in [0.29, 0.717) is 23.3 Å². The number of carboxylic acids is 1. The molecule has 0 saturated carbocycles. The van der Waals surface area contributed by atoms with Gasteiger partial charge in [0.15, 0.2) is 6.04 Å². The largest absolute Gasteiger partial charge is 0.480 e. The molecule has 19 heavy (non-hydrogen) atoms. The van der Waals surface area contributed by atoms with Crippen molar-refractivity contribution in [3.8, 4) is 0 Å². The van der Waals surface area contributed by atoms with Gasteiger partial charge in [-0.1, -0.05) is 0 Å². The second-order valence-electron chi connectivity index (χ2n) is 4.02. The molecule has 7 nitrogen and oxygen atoms in total. The summed E-state index contributed by atoms with van der Waals surface area (Å²) in [6, 6.07) is 3.48. The second kappa shape index (κ2) is 5.54. The van der Waals surface area contributed by atoms with Gasteiger partial charge in [-0.3, -0.25) is 10.1 Å². The molecule has 1 atom stereocenters. The maximum absolute atomic E-state index is 11.2. The molecule has 1 unspecified atom stereocenters. The number of ether oxygens (including phenoxy) is 1. The third-order valence-corrected chi connectivity index (χ3v) is 3.50. The van der Waals surface area contributed by atoms with Crippen LogP contribution < -0.4 is 4.90 Å². The molecule has 1 heterocycles. The minimum Gasteiger partial charge on any atom is -0.480 e. The lowest BCUT2D eigenvalue weighted by Crippen LogP contribution is -2.50. The minimum atomic E-state index is -0.982.